The van der Waals surface area contributed by atoms with E-state index in [1.165, 1.54) is 12.0 Å². The second-order valence-corrected chi connectivity index (χ2v) is 4.15. The third-order valence-corrected chi connectivity index (χ3v) is 2.77. The average molecular weight is 200 g/mol. The van der Waals surface area contributed by atoms with E-state index in [9.17, 15) is 4.79 Å². The van der Waals surface area contributed by atoms with Crippen LogP contribution in [0.15, 0.2) is 12.1 Å². The van der Waals surface area contributed by atoms with Gasteiger partial charge in [-0.05, 0) is 19.1 Å². The minimum Gasteiger partial charge on any atom is -0.479 e. The Kier molecular flexibility index (Phi) is 3.45. The molecule has 0 aliphatic heterocycles. The second kappa shape index (κ2) is 4.39. The van der Waals surface area contributed by atoms with E-state index in [4.69, 9.17) is 9.84 Å². The molecule has 1 N–H and O–H groups in total. The molecule has 0 bridgehead atoms. The fraction of sp³-hybridized carbons (Fsp3) is 0.444. The van der Waals surface area contributed by atoms with Crippen molar-refractivity contribution in [3.05, 3.63) is 21.9 Å². The zero-order chi connectivity index (χ0) is 9.84. The molecule has 0 spiro atoms. The van der Waals surface area contributed by atoms with Crippen molar-refractivity contribution in [1.29, 1.82) is 0 Å². The van der Waals surface area contributed by atoms with Crippen molar-refractivity contribution in [3.63, 3.8) is 0 Å². The molecule has 0 saturated carbocycles. The molecule has 1 atom stereocenters. The molecule has 3 nitrogen and oxygen atoms in total. The van der Waals surface area contributed by atoms with Crippen LogP contribution < -0.4 is 0 Å². The topological polar surface area (TPSA) is 46.5 Å². The summed E-state index contributed by atoms with van der Waals surface area (Å²) in [4.78, 5) is 12.9. The molecule has 0 radical (unpaired) electrons. The Hall–Kier alpha value is -0.870. The summed E-state index contributed by atoms with van der Waals surface area (Å²) < 4.78 is 4.83. The lowest BCUT2D eigenvalue weighted by molar-refractivity contribution is -0.148. The Balaban J connectivity index is 2.61. The minimum atomic E-state index is -0.909. The van der Waals surface area contributed by atoms with E-state index >= 15 is 0 Å². The van der Waals surface area contributed by atoms with Gasteiger partial charge < -0.3 is 9.84 Å². The van der Waals surface area contributed by atoms with Gasteiger partial charge in [-0.2, -0.15) is 0 Å². The number of hydrogen-bond donors (Lipinski definition) is 1. The van der Waals surface area contributed by atoms with E-state index < -0.39 is 12.1 Å². The summed E-state index contributed by atoms with van der Waals surface area (Å²) in [6.45, 7) is 2.00. The van der Waals surface area contributed by atoms with Gasteiger partial charge in [-0.1, -0.05) is 0 Å². The van der Waals surface area contributed by atoms with Crippen LogP contribution in [0.25, 0.3) is 0 Å². The number of methoxy groups -OCH3 is 1. The lowest BCUT2D eigenvalue weighted by Gasteiger charge is -2.07. The number of hydrogen-bond acceptors (Lipinski definition) is 3. The Labute approximate surface area is 81.0 Å². The normalized spacial score (nSPS) is 12.8. The fourth-order valence-electron chi connectivity index (χ4n) is 1.05. The van der Waals surface area contributed by atoms with E-state index in [0.717, 1.165) is 4.88 Å². The average Bonchev–Trinajstić information content (AvgIpc) is 2.46. The van der Waals surface area contributed by atoms with Gasteiger partial charge in [0.15, 0.2) is 6.10 Å². The molecule has 0 aromatic carbocycles. The lowest BCUT2D eigenvalue weighted by Crippen LogP contribution is -2.24. The van der Waals surface area contributed by atoms with Gasteiger partial charge in [0.05, 0.1) is 0 Å². The van der Waals surface area contributed by atoms with Crippen LogP contribution in [0.4, 0.5) is 0 Å². The fourth-order valence-corrected chi connectivity index (χ4v) is 1.97. The van der Waals surface area contributed by atoms with Crippen LogP contribution in [0.5, 0.6) is 0 Å². The van der Waals surface area contributed by atoms with Crippen molar-refractivity contribution >= 4 is 17.3 Å². The van der Waals surface area contributed by atoms with Crippen LogP contribution in [0.3, 0.4) is 0 Å². The predicted octanol–water partition coefficient (Wildman–Crippen LogP) is 1.70. The zero-order valence-electron chi connectivity index (χ0n) is 7.61. The van der Waals surface area contributed by atoms with Crippen molar-refractivity contribution in [3.8, 4) is 0 Å². The molecule has 1 heterocycles. The first kappa shape index (κ1) is 10.2. The van der Waals surface area contributed by atoms with E-state index in [0.29, 0.717) is 6.42 Å². The molecule has 1 rings (SSSR count). The maximum absolute atomic E-state index is 10.6. The van der Waals surface area contributed by atoms with Gasteiger partial charge in [-0.15, -0.1) is 11.3 Å². The first-order chi connectivity index (χ1) is 6.13. The quantitative estimate of drug-likeness (QED) is 0.804. The third kappa shape index (κ3) is 2.82. The van der Waals surface area contributed by atoms with Crippen molar-refractivity contribution in [1.82, 2.24) is 0 Å². The summed E-state index contributed by atoms with van der Waals surface area (Å²) in [6, 6.07) is 3.92. The molecular formula is C9H12O3S. The van der Waals surface area contributed by atoms with Crippen molar-refractivity contribution in [2.75, 3.05) is 7.11 Å². The number of carboxylic acid groups (broad SMARTS) is 1. The van der Waals surface area contributed by atoms with Crippen LogP contribution in [0.1, 0.15) is 9.75 Å². The highest BCUT2D eigenvalue weighted by molar-refractivity contribution is 7.11. The van der Waals surface area contributed by atoms with Crippen LogP contribution in [-0.2, 0) is 16.0 Å². The minimum absolute atomic E-state index is 0.449. The van der Waals surface area contributed by atoms with Gasteiger partial charge in [-0.25, -0.2) is 4.79 Å². The molecule has 0 aliphatic carbocycles. The molecule has 0 amide bonds. The van der Waals surface area contributed by atoms with Crippen LogP contribution >= 0.6 is 11.3 Å². The van der Waals surface area contributed by atoms with Gasteiger partial charge in [0.2, 0.25) is 0 Å². The van der Waals surface area contributed by atoms with Crippen molar-refractivity contribution < 1.29 is 14.6 Å². The maximum Gasteiger partial charge on any atom is 0.333 e. The highest BCUT2D eigenvalue weighted by atomic mass is 32.1. The molecule has 1 unspecified atom stereocenters. The molecular weight excluding hydrogens is 188 g/mol. The number of carboxylic acids is 1. The van der Waals surface area contributed by atoms with Crippen LogP contribution in [0, 0.1) is 6.92 Å². The monoisotopic (exact) mass is 200 g/mol. The predicted molar refractivity (Wildman–Crippen MR) is 51.2 cm³/mol. The van der Waals surface area contributed by atoms with Gasteiger partial charge in [0.25, 0.3) is 0 Å². The highest BCUT2D eigenvalue weighted by Gasteiger charge is 2.17. The molecule has 0 aliphatic rings. The van der Waals surface area contributed by atoms with Crippen molar-refractivity contribution in [2.45, 2.75) is 19.4 Å². The summed E-state index contributed by atoms with van der Waals surface area (Å²) in [5.41, 5.74) is 0. The smallest absolute Gasteiger partial charge is 0.333 e. The number of aliphatic carboxylic acids is 1. The molecule has 72 valence electrons. The molecule has 0 fully saturated rings. The number of ether oxygens (including phenoxy) is 1. The number of thiophene rings is 1. The summed E-state index contributed by atoms with van der Waals surface area (Å²) in [7, 11) is 1.42. The SMILES string of the molecule is COC(Cc1ccc(C)s1)C(=O)O. The molecule has 1 aromatic heterocycles. The second-order valence-electron chi connectivity index (χ2n) is 2.78. The molecule has 13 heavy (non-hydrogen) atoms. The van der Waals surface area contributed by atoms with Gasteiger partial charge >= 0.3 is 5.97 Å². The van der Waals surface area contributed by atoms with Crippen LogP contribution in [0.2, 0.25) is 0 Å². The Bertz CT molecular complexity index is 293. The Morgan fingerprint density at radius 1 is 1.69 bits per heavy atom. The van der Waals surface area contributed by atoms with E-state index in [-0.39, 0.29) is 0 Å². The highest BCUT2D eigenvalue weighted by Crippen LogP contribution is 2.17. The zero-order valence-corrected chi connectivity index (χ0v) is 8.43. The number of rotatable bonds is 4. The van der Waals surface area contributed by atoms with Gasteiger partial charge in [0.1, 0.15) is 0 Å². The van der Waals surface area contributed by atoms with Crippen molar-refractivity contribution in [2.24, 2.45) is 0 Å². The first-order valence-corrected chi connectivity index (χ1v) is 4.76. The summed E-state index contributed by atoms with van der Waals surface area (Å²) >= 11 is 1.61. The summed E-state index contributed by atoms with van der Waals surface area (Å²) in [5.74, 6) is -0.909. The van der Waals surface area contributed by atoms with Gasteiger partial charge in [-0.3, -0.25) is 0 Å². The Morgan fingerprint density at radius 3 is 2.77 bits per heavy atom. The largest absolute Gasteiger partial charge is 0.479 e. The number of carbonyl (C=O) groups is 1. The van der Waals surface area contributed by atoms with E-state index in [2.05, 4.69) is 0 Å². The first-order valence-electron chi connectivity index (χ1n) is 3.94. The molecule has 4 heteroatoms. The summed E-state index contributed by atoms with van der Waals surface area (Å²) in [6.07, 6.45) is -0.275. The van der Waals surface area contributed by atoms with Crippen LogP contribution in [-0.4, -0.2) is 24.3 Å². The maximum atomic E-state index is 10.6. The number of aryl methyl sites for hydroxylation is 1. The van der Waals surface area contributed by atoms with E-state index in [1.54, 1.807) is 11.3 Å². The molecule has 1 aromatic rings. The molecule has 0 saturated heterocycles. The van der Waals surface area contributed by atoms with Gasteiger partial charge in [0, 0.05) is 23.3 Å². The van der Waals surface area contributed by atoms with E-state index in [1.807, 2.05) is 19.1 Å². The summed E-state index contributed by atoms with van der Waals surface area (Å²) in [5, 5.41) is 8.72. The standard InChI is InChI=1S/C9H12O3S/c1-6-3-4-7(13-6)5-8(12-2)9(10)11/h3-4,8H,5H2,1-2H3,(H,10,11). The lowest BCUT2D eigenvalue weighted by atomic mass is 10.2. The third-order valence-electron chi connectivity index (χ3n) is 1.74. The Morgan fingerprint density at radius 2 is 2.38 bits per heavy atom.